The summed E-state index contributed by atoms with van der Waals surface area (Å²) in [5.41, 5.74) is 8.46. The Balaban J connectivity index is 0.000000336. The van der Waals surface area contributed by atoms with Gasteiger partial charge in [-0.3, -0.25) is 0 Å². The summed E-state index contributed by atoms with van der Waals surface area (Å²) in [6.07, 6.45) is 11.7. The Morgan fingerprint density at radius 3 is 1.27 bits per heavy atom. The molecular formula is C30H28HfO6. The zero-order chi connectivity index (χ0) is 27.5. The van der Waals surface area contributed by atoms with Crippen LogP contribution in [0.5, 0.6) is 0 Å². The molecule has 0 heterocycles. The molecule has 2 aromatic rings. The van der Waals surface area contributed by atoms with E-state index < -0.39 is 46.4 Å². The quantitative estimate of drug-likeness (QED) is 0.274. The zero-order valence-electron chi connectivity index (χ0n) is 20.8. The standard InChI is InChI=1S/2C12H11.2C3H4O3.Hf/c2*1-10-6-8-12(9-7-10)11-4-2-3-5-11;2*1-2(4)3(5)6;/h2*2,4,6-9H,3H2,1H3;2*4H,1H2,(H,5,6);/q;;;;+2/p-2. The Labute approximate surface area is 228 Å². The number of hydrogen-bond donors (Lipinski definition) is 2. The molecule has 2 N–H and O–H groups in total. The van der Waals surface area contributed by atoms with Gasteiger partial charge in [0.2, 0.25) is 0 Å². The molecule has 0 amide bonds. The van der Waals surface area contributed by atoms with Crippen LogP contribution < -0.4 is 10.2 Å². The molecule has 7 heteroatoms. The Hall–Kier alpha value is -3.71. The van der Waals surface area contributed by atoms with E-state index in [9.17, 15) is 19.8 Å². The molecule has 0 saturated carbocycles. The molecule has 0 bridgehead atoms. The number of hydrogen-bond acceptors (Lipinski definition) is 6. The van der Waals surface area contributed by atoms with Gasteiger partial charge >= 0.3 is 162 Å². The molecule has 188 valence electrons. The number of allylic oxidation sites excluding steroid dienone is 8. The van der Waals surface area contributed by atoms with E-state index in [2.05, 4.69) is 99.8 Å². The predicted octanol–water partition coefficient (Wildman–Crippen LogP) is 4.04. The molecule has 0 aromatic heterocycles. The van der Waals surface area contributed by atoms with Crippen molar-refractivity contribution in [2.24, 2.45) is 0 Å². The fourth-order valence-corrected chi connectivity index (χ4v) is 8.93. The number of carboxylic acids is 2. The number of carbonyl (C=O) groups is 2. The molecule has 2 aliphatic carbocycles. The van der Waals surface area contributed by atoms with Crippen molar-refractivity contribution in [2.75, 3.05) is 0 Å². The fourth-order valence-electron chi connectivity index (χ4n) is 3.44. The summed E-state index contributed by atoms with van der Waals surface area (Å²) in [5.74, 6) is -5.13. The minimum absolute atomic E-state index is 0.935. The van der Waals surface area contributed by atoms with Gasteiger partial charge in [-0.05, 0) is 0 Å². The minimum atomic E-state index is -1.63. The van der Waals surface area contributed by atoms with Gasteiger partial charge in [-0.2, -0.15) is 0 Å². The molecule has 37 heavy (non-hydrogen) atoms. The normalized spacial score (nSPS) is 13.2. The summed E-state index contributed by atoms with van der Waals surface area (Å²) in [4.78, 5) is 18.5. The number of aliphatic hydroxyl groups is 2. The number of benzene rings is 2. The van der Waals surface area contributed by atoms with Crippen molar-refractivity contribution in [1.29, 1.82) is 0 Å². The maximum atomic E-state index is 9.24. The van der Waals surface area contributed by atoms with Gasteiger partial charge < -0.3 is 30.0 Å². The summed E-state index contributed by atoms with van der Waals surface area (Å²) >= 11 is -0.995. The molecule has 0 atom stereocenters. The summed E-state index contributed by atoms with van der Waals surface area (Å²) in [6, 6.07) is 18.1. The Bertz CT molecular complexity index is 1170. The van der Waals surface area contributed by atoms with E-state index in [0.717, 1.165) is 12.8 Å². The first-order chi connectivity index (χ1) is 17.5. The van der Waals surface area contributed by atoms with Crippen molar-refractivity contribution in [3.8, 4) is 0 Å². The van der Waals surface area contributed by atoms with Gasteiger partial charge in [0.25, 0.3) is 0 Å². The van der Waals surface area contributed by atoms with Crippen molar-refractivity contribution in [2.45, 2.75) is 26.7 Å². The van der Waals surface area contributed by atoms with Crippen molar-refractivity contribution in [3.05, 3.63) is 126 Å². The number of carboxylic acid groups (broad SMARTS) is 2. The van der Waals surface area contributed by atoms with Crippen LogP contribution >= 0.6 is 0 Å². The number of rotatable bonds is 6. The monoisotopic (exact) mass is 664 g/mol. The van der Waals surface area contributed by atoms with E-state index in [1.807, 2.05) is 0 Å². The van der Waals surface area contributed by atoms with Crippen LogP contribution in [0, 0.1) is 13.8 Å². The molecule has 0 aliphatic heterocycles. The summed E-state index contributed by atoms with van der Waals surface area (Å²) in [6.45, 7) is 9.61. The average Bonchev–Trinajstić information content (AvgIpc) is 3.51. The molecule has 6 nitrogen and oxygen atoms in total. The van der Waals surface area contributed by atoms with Gasteiger partial charge in [0.1, 0.15) is 23.5 Å². The van der Waals surface area contributed by atoms with E-state index in [0.29, 0.717) is 0 Å². The number of aliphatic carboxylic acids is 2. The van der Waals surface area contributed by atoms with Gasteiger partial charge in [0.15, 0.2) is 0 Å². The van der Waals surface area contributed by atoms with Gasteiger partial charge in [-0.25, -0.2) is 0 Å². The second-order valence-electron chi connectivity index (χ2n) is 8.32. The summed E-state index contributed by atoms with van der Waals surface area (Å²) < 4.78 is 3.49. The van der Waals surface area contributed by atoms with Gasteiger partial charge in [-0.15, -0.1) is 0 Å². The van der Waals surface area contributed by atoms with Crippen LogP contribution in [0.2, 0.25) is 0 Å². The summed E-state index contributed by atoms with van der Waals surface area (Å²) in [5, 5.41) is 34.0. The third kappa shape index (κ3) is 9.35. The molecule has 2 aliphatic rings. The van der Waals surface area contributed by atoms with E-state index in [1.165, 1.54) is 33.4 Å². The maximum absolute atomic E-state index is 9.24. The average molecular weight is 663 g/mol. The zero-order valence-corrected chi connectivity index (χ0v) is 24.4. The molecule has 0 unspecified atom stereocenters. The second kappa shape index (κ2) is 14.1. The van der Waals surface area contributed by atoms with Gasteiger partial charge in [-0.1, -0.05) is 13.2 Å². The first kappa shape index (κ1) is 29.5. The van der Waals surface area contributed by atoms with Crippen LogP contribution in [-0.4, -0.2) is 22.2 Å². The fraction of sp³-hybridized carbons (Fsp3) is 0.133. The second-order valence-corrected chi connectivity index (χ2v) is 13.6. The predicted molar refractivity (Wildman–Crippen MR) is 137 cm³/mol. The summed E-state index contributed by atoms with van der Waals surface area (Å²) in [7, 11) is 0. The van der Waals surface area contributed by atoms with Crippen molar-refractivity contribution >= 4 is 23.1 Å². The third-order valence-corrected chi connectivity index (χ3v) is 10.9. The molecule has 4 rings (SSSR count). The van der Waals surface area contributed by atoms with Crippen LogP contribution in [0.3, 0.4) is 0 Å². The van der Waals surface area contributed by atoms with Crippen molar-refractivity contribution < 1.29 is 52.9 Å². The van der Waals surface area contributed by atoms with Crippen LogP contribution in [0.15, 0.2) is 104 Å². The topological polar surface area (TPSA) is 121 Å². The van der Waals surface area contributed by atoms with E-state index in [1.54, 1.807) is 6.66 Å². The van der Waals surface area contributed by atoms with Crippen molar-refractivity contribution in [3.63, 3.8) is 0 Å². The van der Waals surface area contributed by atoms with E-state index >= 15 is 0 Å². The third-order valence-electron chi connectivity index (χ3n) is 5.36. The van der Waals surface area contributed by atoms with Gasteiger partial charge in [0.05, 0.1) is 0 Å². The van der Waals surface area contributed by atoms with E-state index in [-0.39, 0.29) is 0 Å². The first-order valence-electron chi connectivity index (χ1n) is 11.4. The molecule has 0 spiro atoms. The molecule has 2 aromatic carbocycles. The van der Waals surface area contributed by atoms with Crippen LogP contribution in [0.1, 0.15) is 35.1 Å². The number of aliphatic hydroxyl groups excluding tert-OH is 2. The van der Waals surface area contributed by atoms with Gasteiger partial charge in [0, 0.05) is 0 Å². The van der Waals surface area contributed by atoms with E-state index in [4.69, 9.17) is 10.2 Å². The number of carbonyl (C=O) groups excluding carboxylic acids is 2. The Morgan fingerprint density at radius 1 is 0.703 bits per heavy atom. The molecule has 0 saturated heterocycles. The Morgan fingerprint density at radius 2 is 1.00 bits per heavy atom. The molecule has 0 radical (unpaired) electrons. The van der Waals surface area contributed by atoms with Crippen molar-refractivity contribution in [1.82, 2.24) is 0 Å². The SMILES string of the molecule is C=C(O)C(=O)[O-].C=C(O)C(=O)[O-].Cc1ccc(C2=[C]([Hf+2][C]3=C(c4ccc(C)cc4)C=CC3)CC=C2)cc1. The molecule has 0 fully saturated rings. The Kier molecular flexibility index (Phi) is 11.3. The molecular weight excluding hydrogens is 635 g/mol. The van der Waals surface area contributed by atoms with Crippen LogP contribution in [0.4, 0.5) is 0 Å². The number of aryl methyl sites for hydroxylation is 2. The van der Waals surface area contributed by atoms with Crippen LogP contribution in [0.25, 0.3) is 11.1 Å². The first-order valence-corrected chi connectivity index (χ1v) is 15.0. The van der Waals surface area contributed by atoms with Crippen LogP contribution in [-0.2, 0) is 32.5 Å².